The van der Waals surface area contributed by atoms with Crippen molar-refractivity contribution in [2.24, 2.45) is 5.92 Å². The molecule has 0 aromatic heterocycles. The van der Waals surface area contributed by atoms with Gasteiger partial charge in [0.1, 0.15) is 6.04 Å². The lowest BCUT2D eigenvalue weighted by molar-refractivity contribution is -0.146. The quantitative estimate of drug-likeness (QED) is 0.708. The molecule has 0 N–H and O–H groups in total. The van der Waals surface area contributed by atoms with Crippen LogP contribution in [-0.2, 0) is 9.59 Å². The van der Waals surface area contributed by atoms with Gasteiger partial charge < -0.3 is 9.80 Å². The first-order valence-corrected chi connectivity index (χ1v) is 8.50. The van der Waals surface area contributed by atoms with Gasteiger partial charge in [-0.05, 0) is 25.7 Å². The van der Waals surface area contributed by atoms with Gasteiger partial charge in [0.2, 0.25) is 11.8 Å². The Morgan fingerprint density at radius 1 is 1.00 bits per heavy atom. The molecule has 0 radical (unpaired) electrons. The van der Waals surface area contributed by atoms with Crippen LogP contribution in [0.3, 0.4) is 0 Å². The summed E-state index contributed by atoms with van der Waals surface area (Å²) in [5.41, 5.74) is 0. The molecule has 122 valence electrons. The molecule has 1 saturated carbocycles. The number of hydrogen-bond donors (Lipinski definition) is 0. The van der Waals surface area contributed by atoms with Crippen molar-refractivity contribution in [3.05, 3.63) is 25.3 Å². The van der Waals surface area contributed by atoms with Crippen molar-refractivity contribution in [3.63, 3.8) is 0 Å². The SMILES string of the molecule is C=CCN(CC=C)C(=O)[C@H]1CCCN1C(=O)C1CCCCC1. The monoisotopic (exact) mass is 304 g/mol. The van der Waals surface area contributed by atoms with Gasteiger partial charge in [0.15, 0.2) is 0 Å². The smallest absolute Gasteiger partial charge is 0.245 e. The van der Waals surface area contributed by atoms with Gasteiger partial charge in [-0.25, -0.2) is 0 Å². The first-order chi connectivity index (χ1) is 10.7. The van der Waals surface area contributed by atoms with Crippen molar-refractivity contribution in [1.82, 2.24) is 9.80 Å². The van der Waals surface area contributed by atoms with Crippen molar-refractivity contribution < 1.29 is 9.59 Å². The lowest BCUT2D eigenvalue weighted by Crippen LogP contribution is -2.49. The minimum Gasteiger partial charge on any atom is -0.333 e. The number of hydrogen-bond acceptors (Lipinski definition) is 2. The molecule has 0 aromatic rings. The molecule has 0 aromatic carbocycles. The summed E-state index contributed by atoms with van der Waals surface area (Å²) < 4.78 is 0. The summed E-state index contributed by atoms with van der Waals surface area (Å²) in [7, 11) is 0. The molecule has 1 aliphatic heterocycles. The molecule has 4 heteroatoms. The Morgan fingerprint density at radius 3 is 2.23 bits per heavy atom. The molecule has 1 saturated heterocycles. The number of nitrogens with zero attached hydrogens (tertiary/aromatic N) is 2. The highest BCUT2D eigenvalue weighted by Gasteiger charge is 2.38. The average molecular weight is 304 g/mol. The second-order valence-electron chi connectivity index (χ2n) is 6.35. The van der Waals surface area contributed by atoms with Gasteiger partial charge in [-0.15, -0.1) is 13.2 Å². The zero-order chi connectivity index (χ0) is 15.9. The van der Waals surface area contributed by atoms with E-state index < -0.39 is 0 Å². The van der Waals surface area contributed by atoms with Crippen LogP contribution in [0.4, 0.5) is 0 Å². The Balaban J connectivity index is 2.04. The van der Waals surface area contributed by atoms with E-state index in [1.54, 1.807) is 17.1 Å². The Hall–Kier alpha value is -1.58. The predicted octanol–water partition coefficient (Wildman–Crippen LogP) is 2.76. The molecule has 2 aliphatic rings. The van der Waals surface area contributed by atoms with Crippen LogP contribution in [0.25, 0.3) is 0 Å². The number of carbonyl (C=O) groups excluding carboxylic acids is 2. The molecule has 0 bridgehead atoms. The van der Waals surface area contributed by atoms with Crippen LogP contribution in [0.15, 0.2) is 25.3 Å². The van der Waals surface area contributed by atoms with E-state index in [0.29, 0.717) is 13.1 Å². The summed E-state index contributed by atoms with van der Waals surface area (Å²) in [4.78, 5) is 29.1. The van der Waals surface area contributed by atoms with Crippen LogP contribution in [0, 0.1) is 5.92 Å². The summed E-state index contributed by atoms with van der Waals surface area (Å²) >= 11 is 0. The van der Waals surface area contributed by atoms with Crippen molar-refractivity contribution in [2.75, 3.05) is 19.6 Å². The van der Waals surface area contributed by atoms with Crippen molar-refractivity contribution in [3.8, 4) is 0 Å². The summed E-state index contributed by atoms with van der Waals surface area (Å²) in [6.45, 7) is 9.16. The van der Waals surface area contributed by atoms with E-state index in [1.165, 1.54) is 6.42 Å². The topological polar surface area (TPSA) is 40.6 Å². The summed E-state index contributed by atoms with van der Waals surface area (Å²) in [5.74, 6) is 0.378. The third-order valence-electron chi connectivity index (χ3n) is 4.79. The molecule has 0 spiro atoms. The largest absolute Gasteiger partial charge is 0.333 e. The van der Waals surface area contributed by atoms with E-state index in [9.17, 15) is 9.59 Å². The Bertz CT molecular complexity index is 417. The lowest BCUT2D eigenvalue weighted by Gasteiger charge is -2.32. The fourth-order valence-corrected chi connectivity index (χ4v) is 3.65. The van der Waals surface area contributed by atoms with E-state index in [0.717, 1.165) is 45.1 Å². The molecule has 2 fully saturated rings. The molecule has 4 nitrogen and oxygen atoms in total. The Kier molecular flexibility index (Phi) is 6.22. The third-order valence-corrected chi connectivity index (χ3v) is 4.79. The minimum atomic E-state index is -0.283. The third kappa shape index (κ3) is 3.79. The van der Waals surface area contributed by atoms with Crippen LogP contribution in [0.2, 0.25) is 0 Å². The van der Waals surface area contributed by atoms with Crippen LogP contribution >= 0.6 is 0 Å². The van der Waals surface area contributed by atoms with E-state index in [-0.39, 0.29) is 23.8 Å². The maximum Gasteiger partial charge on any atom is 0.245 e. The van der Waals surface area contributed by atoms with Gasteiger partial charge in [0.05, 0.1) is 0 Å². The van der Waals surface area contributed by atoms with E-state index >= 15 is 0 Å². The van der Waals surface area contributed by atoms with E-state index in [1.807, 2.05) is 4.90 Å². The molecular weight excluding hydrogens is 276 g/mol. The molecule has 1 aliphatic carbocycles. The molecule has 2 rings (SSSR count). The summed E-state index contributed by atoms with van der Waals surface area (Å²) in [6.07, 6.45) is 10.6. The number of likely N-dealkylation sites (tertiary alicyclic amines) is 1. The molecule has 2 amide bonds. The zero-order valence-electron chi connectivity index (χ0n) is 13.5. The predicted molar refractivity (Wildman–Crippen MR) is 88.3 cm³/mol. The highest BCUT2D eigenvalue weighted by Crippen LogP contribution is 2.29. The molecule has 1 heterocycles. The zero-order valence-corrected chi connectivity index (χ0v) is 13.5. The molecule has 0 unspecified atom stereocenters. The fourth-order valence-electron chi connectivity index (χ4n) is 3.65. The standard InChI is InChI=1S/C18H28N2O2/c1-3-12-19(13-4-2)18(22)16-11-8-14-20(16)17(21)15-9-6-5-7-10-15/h3-4,15-16H,1-2,5-14H2/t16-/m1/s1. The van der Waals surface area contributed by atoms with Gasteiger partial charge in [0.25, 0.3) is 0 Å². The summed E-state index contributed by atoms with van der Waals surface area (Å²) in [6, 6.07) is -0.283. The highest BCUT2D eigenvalue weighted by atomic mass is 16.2. The normalized spacial score (nSPS) is 22.4. The number of rotatable bonds is 6. The maximum atomic E-state index is 12.8. The maximum absolute atomic E-state index is 12.8. The van der Waals surface area contributed by atoms with Crippen molar-refractivity contribution in [1.29, 1.82) is 0 Å². The lowest BCUT2D eigenvalue weighted by atomic mass is 9.88. The van der Waals surface area contributed by atoms with Gasteiger partial charge in [0, 0.05) is 25.6 Å². The molecular formula is C18H28N2O2. The van der Waals surface area contributed by atoms with Crippen LogP contribution in [-0.4, -0.2) is 47.3 Å². The van der Waals surface area contributed by atoms with Crippen LogP contribution < -0.4 is 0 Å². The first kappa shape index (κ1) is 16.8. The minimum absolute atomic E-state index is 0.0430. The fraction of sp³-hybridized carbons (Fsp3) is 0.667. The van der Waals surface area contributed by atoms with E-state index in [2.05, 4.69) is 13.2 Å². The second-order valence-corrected chi connectivity index (χ2v) is 6.35. The highest BCUT2D eigenvalue weighted by molar-refractivity contribution is 5.89. The number of carbonyl (C=O) groups is 2. The Labute approximate surface area is 133 Å². The number of amides is 2. The molecule has 22 heavy (non-hydrogen) atoms. The summed E-state index contributed by atoms with van der Waals surface area (Å²) in [5, 5.41) is 0. The average Bonchev–Trinajstić information content (AvgIpc) is 3.03. The molecule has 1 atom stereocenters. The van der Waals surface area contributed by atoms with Crippen LogP contribution in [0.1, 0.15) is 44.9 Å². The van der Waals surface area contributed by atoms with Gasteiger partial charge in [-0.1, -0.05) is 31.4 Å². The first-order valence-electron chi connectivity index (χ1n) is 8.50. The van der Waals surface area contributed by atoms with Gasteiger partial charge in [-0.2, -0.15) is 0 Å². The van der Waals surface area contributed by atoms with Gasteiger partial charge in [-0.3, -0.25) is 9.59 Å². The van der Waals surface area contributed by atoms with Gasteiger partial charge >= 0.3 is 0 Å². The second kappa shape index (κ2) is 8.16. The van der Waals surface area contributed by atoms with Crippen molar-refractivity contribution >= 4 is 11.8 Å². The Morgan fingerprint density at radius 2 is 1.64 bits per heavy atom. The van der Waals surface area contributed by atoms with Crippen LogP contribution in [0.5, 0.6) is 0 Å². The van der Waals surface area contributed by atoms with Crippen molar-refractivity contribution in [2.45, 2.75) is 51.0 Å². The van der Waals surface area contributed by atoms with E-state index in [4.69, 9.17) is 0 Å².